The third kappa shape index (κ3) is 5.41. The van der Waals surface area contributed by atoms with E-state index in [0.29, 0.717) is 19.3 Å². The smallest absolute Gasteiger partial charge is 0.334 e. The predicted molar refractivity (Wildman–Crippen MR) is 129 cm³/mol. The van der Waals surface area contributed by atoms with E-state index in [0.717, 1.165) is 11.3 Å². The van der Waals surface area contributed by atoms with Gasteiger partial charge in [0.05, 0.1) is 28.4 Å². The minimum Gasteiger partial charge on any atom is -0.476 e. The van der Waals surface area contributed by atoms with Crippen LogP contribution < -0.4 is 9.64 Å². The zero-order chi connectivity index (χ0) is 24.8. The summed E-state index contributed by atoms with van der Waals surface area (Å²) in [5.41, 5.74) is 0.620. The average molecular weight is 501 g/mol. The summed E-state index contributed by atoms with van der Waals surface area (Å²) < 4.78 is 10.5. The lowest BCUT2D eigenvalue weighted by Crippen LogP contribution is -2.39. The molecule has 0 radical (unpaired) electrons. The van der Waals surface area contributed by atoms with Gasteiger partial charge in [-0.05, 0) is 50.8 Å². The highest BCUT2D eigenvalue weighted by molar-refractivity contribution is 6.39. The molecule has 1 atom stereocenters. The Morgan fingerprint density at radius 2 is 1.82 bits per heavy atom. The van der Waals surface area contributed by atoms with Gasteiger partial charge in [0.1, 0.15) is 5.75 Å². The molecule has 1 aromatic carbocycles. The molecule has 0 fully saturated rings. The number of amides is 2. The van der Waals surface area contributed by atoms with Crippen molar-refractivity contribution >= 4 is 46.7 Å². The Kier molecular flexibility index (Phi) is 8.32. The summed E-state index contributed by atoms with van der Waals surface area (Å²) in [7, 11) is 1.25. The van der Waals surface area contributed by atoms with Crippen molar-refractivity contribution in [3.05, 3.63) is 63.4 Å². The molecule has 1 aliphatic carbocycles. The van der Waals surface area contributed by atoms with Crippen LogP contribution in [0.15, 0.2) is 47.8 Å². The second-order valence-corrected chi connectivity index (χ2v) is 8.32. The fourth-order valence-electron chi connectivity index (χ4n) is 3.56. The highest BCUT2D eigenvalue weighted by Gasteiger charge is 2.34. The maximum absolute atomic E-state index is 13.8. The number of methoxy groups -OCH3 is 1. The van der Waals surface area contributed by atoms with Crippen LogP contribution in [0.3, 0.4) is 0 Å². The van der Waals surface area contributed by atoms with Crippen molar-refractivity contribution in [2.24, 2.45) is 0 Å². The van der Waals surface area contributed by atoms with Gasteiger partial charge in [-0.2, -0.15) is 0 Å². The van der Waals surface area contributed by atoms with Gasteiger partial charge in [-0.1, -0.05) is 29.1 Å². The van der Waals surface area contributed by atoms with Gasteiger partial charge >= 0.3 is 5.97 Å². The number of halogens is 2. The van der Waals surface area contributed by atoms with Gasteiger partial charge in [-0.25, -0.2) is 9.69 Å². The number of rotatable bonds is 6. The maximum Gasteiger partial charge on any atom is 0.334 e. The number of benzene rings is 1. The molecule has 2 amide bonds. The normalized spacial score (nSPS) is 14.1. The molecule has 1 unspecified atom stereocenters. The summed E-state index contributed by atoms with van der Waals surface area (Å²) in [6.45, 7) is 1.64. The van der Waals surface area contributed by atoms with Gasteiger partial charge in [0.25, 0.3) is 11.8 Å². The number of imide groups is 1. The van der Waals surface area contributed by atoms with E-state index in [4.69, 9.17) is 39.1 Å². The largest absolute Gasteiger partial charge is 0.476 e. The van der Waals surface area contributed by atoms with E-state index in [1.807, 2.05) is 0 Å². The number of esters is 1. The van der Waals surface area contributed by atoms with E-state index in [9.17, 15) is 14.4 Å². The van der Waals surface area contributed by atoms with Crippen LogP contribution in [0.5, 0.6) is 5.75 Å². The van der Waals surface area contributed by atoms with Crippen LogP contribution in [0.4, 0.5) is 5.69 Å². The lowest BCUT2D eigenvalue weighted by molar-refractivity contribution is -0.136. The SMILES string of the molecule is C#CC(C)Oc1cc(N(C(=O)C2=C(C(=O)OC)CCCC2)C(=O)c2cccnc2)c(Cl)cc1Cl. The Morgan fingerprint density at radius 3 is 2.44 bits per heavy atom. The summed E-state index contributed by atoms with van der Waals surface area (Å²) in [4.78, 5) is 44.6. The fourth-order valence-corrected chi connectivity index (χ4v) is 4.07. The summed E-state index contributed by atoms with van der Waals surface area (Å²) in [5, 5.41) is 0.191. The molecule has 0 saturated heterocycles. The van der Waals surface area contributed by atoms with Crippen molar-refractivity contribution in [2.75, 3.05) is 12.0 Å². The number of carbonyl (C=O) groups excluding carboxylic acids is 3. The van der Waals surface area contributed by atoms with E-state index in [1.165, 1.54) is 37.7 Å². The van der Waals surface area contributed by atoms with Crippen LogP contribution in [0.25, 0.3) is 0 Å². The Bertz CT molecular complexity index is 1190. The first kappa shape index (κ1) is 25.3. The number of nitrogens with zero attached hydrogens (tertiary/aromatic N) is 2. The molecule has 1 aliphatic rings. The number of hydrogen-bond acceptors (Lipinski definition) is 6. The number of ether oxygens (including phenoxy) is 2. The van der Waals surface area contributed by atoms with E-state index in [2.05, 4.69) is 10.9 Å². The van der Waals surface area contributed by atoms with Crippen molar-refractivity contribution < 1.29 is 23.9 Å². The van der Waals surface area contributed by atoms with E-state index in [1.54, 1.807) is 13.0 Å². The van der Waals surface area contributed by atoms with Gasteiger partial charge in [0.2, 0.25) is 0 Å². The highest BCUT2D eigenvalue weighted by Crippen LogP contribution is 2.39. The monoisotopic (exact) mass is 500 g/mol. The van der Waals surface area contributed by atoms with Gasteiger partial charge in [0, 0.05) is 29.6 Å². The highest BCUT2D eigenvalue weighted by atomic mass is 35.5. The van der Waals surface area contributed by atoms with Gasteiger partial charge in [0.15, 0.2) is 6.10 Å². The molecule has 34 heavy (non-hydrogen) atoms. The van der Waals surface area contributed by atoms with Crippen molar-refractivity contribution in [1.82, 2.24) is 4.98 Å². The quantitative estimate of drug-likeness (QED) is 0.315. The number of anilines is 1. The van der Waals surface area contributed by atoms with Crippen LogP contribution in [-0.4, -0.2) is 36.0 Å². The molecule has 0 aliphatic heterocycles. The minimum atomic E-state index is -0.686. The van der Waals surface area contributed by atoms with Crippen molar-refractivity contribution in [2.45, 2.75) is 38.7 Å². The topological polar surface area (TPSA) is 85.8 Å². The number of hydrogen-bond donors (Lipinski definition) is 0. The lowest BCUT2D eigenvalue weighted by Gasteiger charge is -2.27. The Balaban J connectivity index is 2.20. The second-order valence-electron chi connectivity index (χ2n) is 7.50. The van der Waals surface area contributed by atoms with Crippen molar-refractivity contribution in [1.29, 1.82) is 0 Å². The van der Waals surface area contributed by atoms with Gasteiger partial charge < -0.3 is 9.47 Å². The van der Waals surface area contributed by atoms with Crippen LogP contribution in [0.1, 0.15) is 43.0 Å². The molecule has 0 N–H and O–H groups in total. The third-order valence-corrected chi connectivity index (χ3v) is 5.85. The molecule has 0 saturated carbocycles. The van der Waals surface area contributed by atoms with Crippen LogP contribution in [0, 0.1) is 12.3 Å². The molecule has 1 aromatic heterocycles. The first-order valence-corrected chi connectivity index (χ1v) is 11.2. The Morgan fingerprint density at radius 1 is 1.12 bits per heavy atom. The summed E-state index contributed by atoms with van der Waals surface area (Å²) in [6.07, 6.45) is 9.69. The van der Waals surface area contributed by atoms with Gasteiger partial charge in [-0.15, -0.1) is 6.42 Å². The van der Waals surface area contributed by atoms with Crippen LogP contribution >= 0.6 is 23.2 Å². The number of aromatic nitrogens is 1. The van der Waals surface area contributed by atoms with E-state index >= 15 is 0 Å². The van der Waals surface area contributed by atoms with Crippen LogP contribution in [-0.2, 0) is 14.3 Å². The molecule has 3 rings (SSSR count). The Labute approximate surface area is 207 Å². The second kappa shape index (κ2) is 11.2. The number of carbonyl (C=O) groups is 3. The molecule has 7 nitrogen and oxygen atoms in total. The maximum atomic E-state index is 13.8. The fraction of sp³-hybridized carbons (Fsp3) is 0.280. The molecule has 1 heterocycles. The predicted octanol–water partition coefficient (Wildman–Crippen LogP) is 5.01. The minimum absolute atomic E-state index is 0.0337. The molecule has 0 bridgehead atoms. The first-order chi connectivity index (χ1) is 16.3. The Hall–Kier alpha value is -3.34. The van der Waals surface area contributed by atoms with E-state index in [-0.39, 0.29) is 38.2 Å². The zero-order valence-corrected chi connectivity index (χ0v) is 20.2. The summed E-state index contributed by atoms with van der Waals surface area (Å²) >= 11 is 12.7. The van der Waals surface area contributed by atoms with Crippen molar-refractivity contribution in [3.8, 4) is 18.1 Å². The van der Waals surface area contributed by atoms with E-state index < -0.39 is 23.9 Å². The summed E-state index contributed by atoms with van der Waals surface area (Å²) in [6, 6.07) is 5.84. The van der Waals surface area contributed by atoms with Crippen molar-refractivity contribution in [3.63, 3.8) is 0 Å². The molecule has 9 heteroatoms. The first-order valence-electron chi connectivity index (χ1n) is 10.5. The molecule has 2 aromatic rings. The molecular weight excluding hydrogens is 479 g/mol. The molecule has 176 valence electrons. The average Bonchev–Trinajstić information content (AvgIpc) is 2.86. The molecular formula is C25H22Cl2N2O5. The zero-order valence-electron chi connectivity index (χ0n) is 18.6. The standard InChI is InChI=1S/C25H22Cl2N2O5/c1-4-15(2)34-22-13-21(19(26)12-20(22)27)29(23(30)16-8-7-11-28-14-16)24(31)17-9-5-6-10-18(17)25(32)33-3/h1,7-8,11-15H,5-6,9-10H2,2-3H3. The number of pyridine rings is 1. The van der Waals surface area contributed by atoms with Crippen LogP contribution in [0.2, 0.25) is 10.0 Å². The number of terminal acetylenes is 1. The lowest BCUT2D eigenvalue weighted by atomic mass is 9.90. The van der Waals surface area contributed by atoms with Gasteiger partial charge in [-0.3, -0.25) is 14.6 Å². The summed E-state index contributed by atoms with van der Waals surface area (Å²) in [5.74, 6) is 0.599. The molecule has 0 spiro atoms. The third-order valence-electron chi connectivity index (χ3n) is 5.25.